The zero-order valence-electron chi connectivity index (χ0n) is 8.10. The molecule has 0 heterocycles. The molecule has 0 saturated carbocycles. The molecule has 0 aliphatic heterocycles. The molecule has 14 heavy (non-hydrogen) atoms. The summed E-state index contributed by atoms with van der Waals surface area (Å²) >= 11 is 0. The van der Waals surface area contributed by atoms with Crippen LogP contribution in [0.15, 0.2) is 35.7 Å². The highest BCUT2D eigenvalue weighted by molar-refractivity contribution is 5.95. The molecule has 1 amide bonds. The van der Waals surface area contributed by atoms with Gasteiger partial charge in [-0.1, -0.05) is 6.58 Å². The summed E-state index contributed by atoms with van der Waals surface area (Å²) in [5.41, 5.74) is 0.0524. The van der Waals surface area contributed by atoms with Crippen LogP contribution in [-0.2, 0) is 4.79 Å². The summed E-state index contributed by atoms with van der Waals surface area (Å²) in [6.07, 6.45) is 2.51. The fourth-order valence-electron chi connectivity index (χ4n) is 0.649. The molecule has 1 N–H and O–H groups in total. The van der Waals surface area contributed by atoms with Gasteiger partial charge in [0.15, 0.2) is 0 Å². The Morgan fingerprint density at radius 1 is 1.57 bits per heavy atom. The first-order valence-corrected chi connectivity index (χ1v) is 3.88. The highest BCUT2D eigenvalue weighted by Gasteiger charge is 2.00. The van der Waals surface area contributed by atoms with Crippen molar-refractivity contribution in [3.8, 4) is 6.07 Å². The van der Waals surface area contributed by atoms with Crippen LogP contribution < -0.4 is 5.32 Å². The van der Waals surface area contributed by atoms with Crippen molar-refractivity contribution in [1.82, 2.24) is 5.32 Å². The summed E-state index contributed by atoms with van der Waals surface area (Å²) in [6, 6.07) is 1.66. The topological polar surface area (TPSA) is 52.9 Å². The molecule has 0 atom stereocenters. The molecule has 0 aliphatic rings. The van der Waals surface area contributed by atoms with Gasteiger partial charge in [0.25, 0.3) is 0 Å². The highest BCUT2D eigenvalue weighted by Crippen LogP contribution is 2.07. The molecule has 74 valence electrons. The normalized spacial score (nSPS) is 11.9. The van der Waals surface area contributed by atoms with Gasteiger partial charge in [-0.2, -0.15) is 5.26 Å². The van der Waals surface area contributed by atoms with Crippen LogP contribution in [-0.4, -0.2) is 13.0 Å². The van der Waals surface area contributed by atoms with Gasteiger partial charge in [0.2, 0.25) is 5.91 Å². The summed E-state index contributed by atoms with van der Waals surface area (Å²) in [7, 11) is 1.46. The Labute approximate surface area is 82.2 Å². The molecule has 0 aromatic carbocycles. The Morgan fingerprint density at radius 2 is 2.14 bits per heavy atom. The van der Waals surface area contributed by atoms with E-state index in [4.69, 9.17) is 5.26 Å². The molecule has 3 nitrogen and oxygen atoms in total. The van der Waals surface area contributed by atoms with Gasteiger partial charge in [-0.3, -0.25) is 4.79 Å². The third-order valence-electron chi connectivity index (χ3n) is 1.46. The molecule has 0 aliphatic carbocycles. The fourth-order valence-corrected chi connectivity index (χ4v) is 0.649. The summed E-state index contributed by atoms with van der Waals surface area (Å²) < 4.78 is 12.6. The maximum absolute atomic E-state index is 12.6. The van der Waals surface area contributed by atoms with Crippen molar-refractivity contribution < 1.29 is 9.18 Å². The average Bonchev–Trinajstić information content (AvgIpc) is 2.16. The third kappa shape index (κ3) is 3.68. The van der Waals surface area contributed by atoms with Crippen LogP contribution in [0.25, 0.3) is 0 Å². The van der Waals surface area contributed by atoms with E-state index in [0.29, 0.717) is 0 Å². The molecule has 0 bridgehead atoms. The van der Waals surface area contributed by atoms with E-state index in [-0.39, 0.29) is 17.1 Å². The first-order chi connectivity index (χ1) is 6.52. The van der Waals surface area contributed by atoms with Gasteiger partial charge < -0.3 is 5.32 Å². The number of amides is 1. The molecule has 0 unspecified atom stereocenters. The van der Waals surface area contributed by atoms with Crippen molar-refractivity contribution in [2.45, 2.75) is 6.92 Å². The molecule has 0 radical (unpaired) electrons. The maximum atomic E-state index is 12.6. The average molecular weight is 194 g/mol. The van der Waals surface area contributed by atoms with E-state index in [9.17, 15) is 9.18 Å². The van der Waals surface area contributed by atoms with Crippen molar-refractivity contribution in [2.24, 2.45) is 0 Å². The van der Waals surface area contributed by atoms with E-state index >= 15 is 0 Å². The van der Waals surface area contributed by atoms with E-state index in [2.05, 4.69) is 11.9 Å². The van der Waals surface area contributed by atoms with E-state index in [1.54, 1.807) is 6.07 Å². The van der Waals surface area contributed by atoms with Crippen molar-refractivity contribution in [3.63, 3.8) is 0 Å². The summed E-state index contributed by atoms with van der Waals surface area (Å²) in [4.78, 5) is 10.9. The lowest BCUT2D eigenvalue weighted by Crippen LogP contribution is -2.18. The van der Waals surface area contributed by atoms with Gasteiger partial charge in [0.1, 0.15) is 11.9 Å². The van der Waals surface area contributed by atoms with Crippen molar-refractivity contribution in [3.05, 3.63) is 35.7 Å². The zero-order valence-corrected chi connectivity index (χ0v) is 8.10. The predicted molar refractivity (Wildman–Crippen MR) is 51.8 cm³/mol. The number of hydrogen-bond acceptors (Lipinski definition) is 2. The lowest BCUT2D eigenvalue weighted by Gasteiger charge is -1.96. The lowest BCUT2D eigenvalue weighted by atomic mass is 10.2. The first kappa shape index (κ1) is 12.1. The Hall–Kier alpha value is -1.89. The van der Waals surface area contributed by atoms with Gasteiger partial charge in [0, 0.05) is 12.6 Å². The van der Waals surface area contributed by atoms with Gasteiger partial charge in [-0.05, 0) is 19.1 Å². The van der Waals surface area contributed by atoms with E-state index in [1.807, 2.05) is 0 Å². The second kappa shape index (κ2) is 5.70. The largest absolute Gasteiger partial charge is 0.355 e. The molecular formula is C10H11FN2O. The monoisotopic (exact) mass is 194 g/mol. The highest BCUT2D eigenvalue weighted by atomic mass is 19.1. The molecule has 0 aromatic heterocycles. The zero-order chi connectivity index (χ0) is 11.1. The first-order valence-electron chi connectivity index (χ1n) is 3.88. The minimum Gasteiger partial charge on any atom is -0.355 e. The number of nitriles is 1. The third-order valence-corrected chi connectivity index (χ3v) is 1.46. The van der Waals surface area contributed by atoms with Crippen LogP contribution in [0.1, 0.15) is 6.92 Å². The molecule has 0 aromatic rings. The number of hydrogen-bond donors (Lipinski definition) is 1. The summed E-state index contributed by atoms with van der Waals surface area (Å²) in [5.74, 6) is -0.955. The van der Waals surface area contributed by atoms with Gasteiger partial charge in [-0.25, -0.2) is 4.39 Å². The van der Waals surface area contributed by atoms with Crippen LogP contribution in [0.2, 0.25) is 0 Å². The fraction of sp³-hybridized carbons (Fsp3) is 0.200. The van der Waals surface area contributed by atoms with E-state index < -0.39 is 5.83 Å². The lowest BCUT2D eigenvalue weighted by molar-refractivity contribution is -0.116. The van der Waals surface area contributed by atoms with Crippen LogP contribution in [0, 0.1) is 11.3 Å². The second-order valence-corrected chi connectivity index (χ2v) is 2.50. The van der Waals surface area contributed by atoms with Gasteiger partial charge in [0.05, 0.1) is 5.57 Å². The number of halogens is 1. The molecule has 0 spiro atoms. The minimum atomic E-state index is -0.589. The molecule has 0 rings (SSSR count). The van der Waals surface area contributed by atoms with E-state index in [1.165, 1.54) is 26.1 Å². The maximum Gasteiger partial charge on any atom is 0.250 e. The summed E-state index contributed by atoms with van der Waals surface area (Å²) in [5, 5.41) is 10.8. The Morgan fingerprint density at radius 3 is 2.50 bits per heavy atom. The molecule has 0 saturated heterocycles. The molecule has 0 fully saturated rings. The van der Waals surface area contributed by atoms with Crippen LogP contribution in [0.4, 0.5) is 4.39 Å². The number of carbonyl (C=O) groups excluding carboxylic acids is 1. The number of carbonyl (C=O) groups is 1. The van der Waals surface area contributed by atoms with Crippen molar-refractivity contribution in [2.75, 3.05) is 7.05 Å². The van der Waals surface area contributed by atoms with Crippen LogP contribution in [0.3, 0.4) is 0 Å². The smallest absolute Gasteiger partial charge is 0.250 e. The standard InChI is InChI=1S/C10H11FN2O/c1-7(10(14)13-3)4-5-9(6-12)8(2)11/h4-5H,1H2,2-3H3,(H,13,14)/b5-4-,9-8-. The van der Waals surface area contributed by atoms with Gasteiger partial charge >= 0.3 is 0 Å². The van der Waals surface area contributed by atoms with Crippen LogP contribution >= 0.6 is 0 Å². The van der Waals surface area contributed by atoms with Crippen molar-refractivity contribution >= 4 is 5.91 Å². The Kier molecular flexibility index (Phi) is 4.93. The summed E-state index contributed by atoms with van der Waals surface area (Å²) in [6.45, 7) is 4.61. The van der Waals surface area contributed by atoms with Gasteiger partial charge in [-0.15, -0.1) is 0 Å². The second-order valence-electron chi connectivity index (χ2n) is 2.50. The molecular weight excluding hydrogens is 183 g/mol. The van der Waals surface area contributed by atoms with Crippen molar-refractivity contribution in [1.29, 1.82) is 5.26 Å². The quantitative estimate of drug-likeness (QED) is 0.421. The SMILES string of the molecule is C=C(/C=C\C(C#N)=C(/C)F)C(=O)NC. The molecule has 4 heteroatoms. The number of nitrogens with zero attached hydrogens (tertiary/aromatic N) is 1. The minimum absolute atomic E-state index is 0.116. The number of nitrogens with one attached hydrogen (secondary N) is 1. The number of rotatable bonds is 3. The predicted octanol–water partition coefficient (Wildman–Crippen LogP) is 1.61. The number of allylic oxidation sites excluding steroid dienone is 3. The number of likely N-dealkylation sites (N-methyl/N-ethyl adjacent to an activating group) is 1. The van der Waals surface area contributed by atoms with Crippen LogP contribution in [0.5, 0.6) is 0 Å². The Balaban J connectivity index is 4.63. The Bertz CT molecular complexity index is 344. The van der Waals surface area contributed by atoms with E-state index in [0.717, 1.165) is 0 Å².